The average molecular weight is 308 g/mol. The zero-order chi connectivity index (χ0) is 15.2. The Morgan fingerprint density at radius 2 is 2.24 bits per heavy atom. The second-order valence-electron chi connectivity index (χ2n) is 5.12. The second kappa shape index (κ2) is 7.36. The van der Waals surface area contributed by atoms with Gasteiger partial charge in [0.1, 0.15) is 6.04 Å². The number of carboxylic acid groups (broad SMARTS) is 1. The Bertz CT molecular complexity index is 521. The number of hydrogen-bond donors (Lipinski definition) is 3. The van der Waals surface area contributed by atoms with Crippen LogP contribution in [0.2, 0.25) is 0 Å². The third-order valence-corrected chi connectivity index (χ3v) is 4.26. The van der Waals surface area contributed by atoms with Gasteiger partial charge in [-0.25, -0.2) is 4.79 Å². The predicted molar refractivity (Wildman–Crippen MR) is 84.7 cm³/mol. The van der Waals surface area contributed by atoms with Crippen LogP contribution in [-0.4, -0.2) is 41.6 Å². The molecule has 3 N–H and O–H groups in total. The normalized spacial score (nSPS) is 18.2. The van der Waals surface area contributed by atoms with Gasteiger partial charge in [0.2, 0.25) is 5.91 Å². The van der Waals surface area contributed by atoms with Gasteiger partial charge < -0.3 is 15.7 Å². The summed E-state index contributed by atoms with van der Waals surface area (Å²) in [6, 6.07) is 7.07. The quantitative estimate of drug-likeness (QED) is 0.744. The van der Waals surface area contributed by atoms with Crippen molar-refractivity contribution >= 4 is 29.3 Å². The minimum absolute atomic E-state index is 0.189. The van der Waals surface area contributed by atoms with E-state index in [1.54, 1.807) is 11.8 Å². The predicted octanol–water partition coefficient (Wildman–Crippen LogP) is 1.59. The number of carboxylic acids is 1. The minimum Gasteiger partial charge on any atom is -0.480 e. The van der Waals surface area contributed by atoms with Crippen molar-refractivity contribution in [1.29, 1.82) is 0 Å². The van der Waals surface area contributed by atoms with Gasteiger partial charge in [-0.15, -0.1) is 0 Å². The molecular weight excluding hydrogens is 288 g/mol. The molecule has 5 nitrogen and oxygen atoms in total. The molecule has 0 radical (unpaired) electrons. The van der Waals surface area contributed by atoms with E-state index < -0.39 is 12.0 Å². The highest BCUT2D eigenvalue weighted by Crippen LogP contribution is 2.24. The van der Waals surface area contributed by atoms with Gasteiger partial charge in [-0.2, -0.15) is 11.8 Å². The van der Waals surface area contributed by atoms with E-state index in [4.69, 9.17) is 5.11 Å². The van der Waals surface area contributed by atoms with Gasteiger partial charge in [-0.3, -0.25) is 4.79 Å². The zero-order valence-electron chi connectivity index (χ0n) is 12.0. The molecule has 1 aliphatic rings. The van der Waals surface area contributed by atoms with Crippen LogP contribution >= 0.6 is 11.8 Å². The van der Waals surface area contributed by atoms with Crippen LogP contribution in [-0.2, 0) is 16.0 Å². The fourth-order valence-electron chi connectivity index (χ4n) is 2.41. The fourth-order valence-corrected chi connectivity index (χ4v) is 2.88. The molecule has 2 unspecified atom stereocenters. The van der Waals surface area contributed by atoms with Crippen LogP contribution in [0, 0.1) is 5.92 Å². The first-order valence-electron chi connectivity index (χ1n) is 6.95. The second-order valence-corrected chi connectivity index (χ2v) is 6.11. The summed E-state index contributed by atoms with van der Waals surface area (Å²) in [5.74, 6) is -0.675. The number of carbonyl (C=O) groups is 2. The van der Waals surface area contributed by atoms with E-state index in [0.717, 1.165) is 11.3 Å². The molecule has 2 atom stereocenters. The largest absolute Gasteiger partial charge is 0.480 e. The molecule has 0 fully saturated rings. The molecule has 0 bridgehead atoms. The summed E-state index contributed by atoms with van der Waals surface area (Å²) in [5.41, 5.74) is 2.15. The molecule has 0 aliphatic carbocycles. The van der Waals surface area contributed by atoms with Gasteiger partial charge >= 0.3 is 5.97 Å². The molecule has 1 aromatic rings. The molecule has 1 aliphatic heterocycles. The van der Waals surface area contributed by atoms with Gasteiger partial charge in [0, 0.05) is 12.2 Å². The summed E-state index contributed by atoms with van der Waals surface area (Å²) in [5, 5.41) is 15.1. The molecule has 1 amide bonds. The van der Waals surface area contributed by atoms with Crippen molar-refractivity contribution in [3.05, 3.63) is 29.8 Å². The molecule has 0 spiro atoms. The molecule has 114 valence electrons. The van der Waals surface area contributed by atoms with Crippen molar-refractivity contribution in [1.82, 2.24) is 5.32 Å². The van der Waals surface area contributed by atoms with Crippen LogP contribution in [0.3, 0.4) is 0 Å². The number of anilines is 1. The van der Waals surface area contributed by atoms with Crippen molar-refractivity contribution in [3.8, 4) is 0 Å². The number of rotatable bonds is 6. The zero-order valence-corrected chi connectivity index (χ0v) is 12.8. The van der Waals surface area contributed by atoms with E-state index in [2.05, 4.69) is 10.6 Å². The van der Waals surface area contributed by atoms with E-state index in [1.165, 1.54) is 0 Å². The lowest BCUT2D eigenvalue weighted by Gasteiger charge is -2.26. The van der Waals surface area contributed by atoms with Crippen molar-refractivity contribution in [2.45, 2.75) is 18.9 Å². The smallest absolute Gasteiger partial charge is 0.326 e. The fraction of sp³-hybridized carbons (Fsp3) is 0.467. The Labute approximate surface area is 128 Å². The standard InChI is InChI=1S/C15H20N2O3S/c1-21-7-6-13(15(19)20)17-14(18)11-8-10-4-2-3-5-12(10)16-9-11/h2-5,11,13,16H,6-9H2,1H3,(H,17,18)(H,19,20). The molecular formula is C15H20N2O3S. The number of nitrogens with one attached hydrogen (secondary N) is 2. The van der Waals surface area contributed by atoms with E-state index in [0.29, 0.717) is 25.1 Å². The van der Waals surface area contributed by atoms with Crippen LogP contribution < -0.4 is 10.6 Å². The molecule has 2 rings (SSSR count). The van der Waals surface area contributed by atoms with E-state index in [-0.39, 0.29) is 11.8 Å². The SMILES string of the molecule is CSCCC(NC(=O)C1CNc2ccccc2C1)C(=O)O. The monoisotopic (exact) mass is 308 g/mol. The lowest BCUT2D eigenvalue weighted by atomic mass is 9.93. The summed E-state index contributed by atoms with van der Waals surface area (Å²) < 4.78 is 0. The van der Waals surface area contributed by atoms with Crippen molar-refractivity contribution in [2.75, 3.05) is 23.9 Å². The van der Waals surface area contributed by atoms with Crippen molar-refractivity contribution < 1.29 is 14.7 Å². The van der Waals surface area contributed by atoms with Gasteiger partial charge in [0.15, 0.2) is 0 Å². The van der Waals surface area contributed by atoms with Gasteiger partial charge in [0.05, 0.1) is 5.92 Å². The molecule has 0 saturated heterocycles. The van der Waals surface area contributed by atoms with Gasteiger partial charge in [-0.05, 0) is 36.5 Å². The van der Waals surface area contributed by atoms with Crippen LogP contribution in [0.5, 0.6) is 0 Å². The van der Waals surface area contributed by atoms with E-state index in [9.17, 15) is 9.59 Å². The number of hydrogen-bond acceptors (Lipinski definition) is 4. The Hall–Kier alpha value is -1.69. The van der Waals surface area contributed by atoms with Crippen LogP contribution in [0.15, 0.2) is 24.3 Å². The molecule has 1 heterocycles. The Balaban J connectivity index is 1.96. The minimum atomic E-state index is -0.971. The van der Waals surface area contributed by atoms with Crippen LogP contribution in [0.1, 0.15) is 12.0 Å². The van der Waals surface area contributed by atoms with Crippen molar-refractivity contribution in [3.63, 3.8) is 0 Å². The maximum absolute atomic E-state index is 12.3. The number of fused-ring (bicyclic) bond motifs is 1. The third kappa shape index (κ3) is 4.14. The lowest BCUT2D eigenvalue weighted by molar-refractivity contribution is -0.142. The van der Waals surface area contributed by atoms with E-state index in [1.807, 2.05) is 30.5 Å². The van der Waals surface area contributed by atoms with Crippen molar-refractivity contribution in [2.24, 2.45) is 5.92 Å². The topological polar surface area (TPSA) is 78.4 Å². The first-order valence-corrected chi connectivity index (χ1v) is 8.35. The number of amides is 1. The third-order valence-electron chi connectivity index (χ3n) is 3.62. The first kappa shape index (κ1) is 15.7. The van der Waals surface area contributed by atoms with E-state index >= 15 is 0 Å². The summed E-state index contributed by atoms with van der Waals surface area (Å²) >= 11 is 1.57. The molecule has 0 saturated carbocycles. The number of carbonyl (C=O) groups excluding carboxylic acids is 1. The molecule has 21 heavy (non-hydrogen) atoms. The summed E-state index contributed by atoms with van der Waals surface area (Å²) in [4.78, 5) is 23.4. The number of benzene rings is 1. The van der Waals surface area contributed by atoms with Gasteiger partial charge in [0.25, 0.3) is 0 Å². The maximum Gasteiger partial charge on any atom is 0.326 e. The summed E-state index contributed by atoms with van der Waals surface area (Å²) in [6.07, 6.45) is 3.01. The molecule has 0 aromatic heterocycles. The first-order chi connectivity index (χ1) is 10.1. The highest BCUT2D eigenvalue weighted by molar-refractivity contribution is 7.98. The number of aliphatic carboxylic acids is 1. The van der Waals surface area contributed by atoms with Gasteiger partial charge in [-0.1, -0.05) is 18.2 Å². The Morgan fingerprint density at radius 1 is 1.48 bits per heavy atom. The van der Waals surface area contributed by atoms with Crippen LogP contribution in [0.4, 0.5) is 5.69 Å². The van der Waals surface area contributed by atoms with Crippen LogP contribution in [0.25, 0.3) is 0 Å². The highest BCUT2D eigenvalue weighted by Gasteiger charge is 2.27. The number of thioether (sulfide) groups is 1. The number of para-hydroxylation sites is 1. The molecule has 1 aromatic carbocycles. The Morgan fingerprint density at radius 3 is 2.95 bits per heavy atom. The molecule has 6 heteroatoms. The highest BCUT2D eigenvalue weighted by atomic mass is 32.2. The summed E-state index contributed by atoms with van der Waals surface area (Å²) in [6.45, 7) is 0.539. The lowest BCUT2D eigenvalue weighted by Crippen LogP contribution is -2.46. The summed E-state index contributed by atoms with van der Waals surface area (Å²) in [7, 11) is 0. The maximum atomic E-state index is 12.3. The average Bonchev–Trinajstić information content (AvgIpc) is 2.50. The Kier molecular flexibility index (Phi) is 5.50.